The number of thiophene rings is 1. The number of nitrogens with one attached hydrogen (secondary N) is 1. The fraction of sp³-hybridized carbons (Fsp3) is 0.190. The van der Waals surface area contributed by atoms with E-state index < -0.39 is 0 Å². The summed E-state index contributed by atoms with van der Waals surface area (Å²) in [4.78, 5) is 38.6. The van der Waals surface area contributed by atoms with Crippen LogP contribution in [-0.2, 0) is 14.3 Å². The molecule has 1 aliphatic rings. The zero-order chi connectivity index (χ0) is 20.4. The van der Waals surface area contributed by atoms with Crippen molar-refractivity contribution in [1.82, 2.24) is 0 Å². The summed E-state index contributed by atoms with van der Waals surface area (Å²) in [6.45, 7) is 1.87. The Labute approximate surface area is 170 Å². The lowest BCUT2D eigenvalue weighted by atomic mass is 10.2. The molecule has 1 aromatic heterocycles. The lowest BCUT2D eigenvalue weighted by Gasteiger charge is -2.28. The third kappa shape index (κ3) is 3.93. The van der Waals surface area contributed by atoms with Crippen molar-refractivity contribution in [2.45, 2.75) is 6.92 Å². The Morgan fingerprint density at radius 3 is 2.86 bits per heavy atom. The largest absolute Gasteiger partial charge is 0.482 e. The minimum atomic E-state index is -0.358. The van der Waals surface area contributed by atoms with Crippen LogP contribution in [0.3, 0.4) is 0 Å². The minimum Gasteiger partial charge on any atom is -0.482 e. The molecular formula is C21H18N2O5S. The van der Waals surface area contributed by atoms with Crippen LogP contribution in [-0.4, -0.2) is 37.5 Å². The van der Waals surface area contributed by atoms with Gasteiger partial charge in [0.05, 0.1) is 12.3 Å². The molecule has 3 aromatic rings. The van der Waals surface area contributed by atoms with Gasteiger partial charge in [-0.15, -0.1) is 11.3 Å². The zero-order valence-electron chi connectivity index (χ0n) is 15.6. The van der Waals surface area contributed by atoms with Crippen LogP contribution in [0.15, 0.2) is 48.5 Å². The zero-order valence-corrected chi connectivity index (χ0v) is 16.5. The molecule has 0 saturated carbocycles. The Balaban J connectivity index is 1.49. The molecule has 0 unspecified atom stereocenters. The van der Waals surface area contributed by atoms with E-state index >= 15 is 0 Å². The van der Waals surface area contributed by atoms with E-state index in [1.54, 1.807) is 43.3 Å². The van der Waals surface area contributed by atoms with E-state index in [1.165, 1.54) is 16.2 Å². The van der Waals surface area contributed by atoms with Crippen LogP contribution in [0.25, 0.3) is 10.1 Å². The molecule has 7 nitrogen and oxygen atoms in total. The number of rotatable bonds is 5. The highest BCUT2D eigenvalue weighted by Gasteiger charge is 2.27. The van der Waals surface area contributed by atoms with Gasteiger partial charge in [-0.25, -0.2) is 4.79 Å². The van der Waals surface area contributed by atoms with E-state index in [9.17, 15) is 14.4 Å². The van der Waals surface area contributed by atoms with Crippen LogP contribution < -0.4 is 15.0 Å². The lowest BCUT2D eigenvalue weighted by Crippen LogP contribution is -2.43. The molecule has 148 valence electrons. The summed E-state index contributed by atoms with van der Waals surface area (Å²) in [5.41, 5.74) is 1.16. The van der Waals surface area contributed by atoms with Gasteiger partial charge in [-0.2, -0.15) is 0 Å². The molecular weight excluding hydrogens is 392 g/mol. The molecule has 0 fully saturated rings. The first-order chi connectivity index (χ1) is 14.0. The van der Waals surface area contributed by atoms with E-state index in [2.05, 4.69) is 5.32 Å². The molecule has 4 rings (SSSR count). The second-order valence-corrected chi connectivity index (χ2v) is 7.45. The van der Waals surface area contributed by atoms with Gasteiger partial charge in [-0.05, 0) is 48.7 Å². The van der Waals surface area contributed by atoms with Crippen LogP contribution in [0, 0.1) is 0 Å². The van der Waals surface area contributed by atoms with Gasteiger partial charge in [0.25, 0.3) is 5.91 Å². The van der Waals surface area contributed by atoms with Crippen molar-refractivity contribution in [2.24, 2.45) is 0 Å². The quantitative estimate of drug-likeness (QED) is 0.652. The van der Waals surface area contributed by atoms with E-state index in [1.807, 2.05) is 12.1 Å². The van der Waals surface area contributed by atoms with Crippen LogP contribution in [0.2, 0.25) is 0 Å². The maximum absolute atomic E-state index is 12.6. The Bertz CT molecular complexity index is 1110. The first-order valence-corrected chi connectivity index (χ1v) is 9.89. The summed E-state index contributed by atoms with van der Waals surface area (Å²) in [5.74, 6) is -0.378. The molecule has 0 spiro atoms. The molecule has 0 radical (unpaired) electrons. The van der Waals surface area contributed by atoms with Gasteiger partial charge in [-0.3, -0.25) is 14.5 Å². The highest BCUT2D eigenvalue weighted by atomic mass is 32.1. The van der Waals surface area contributed by atoms with Crippen molar-refractivity contribution >= 4 is 50.6 Å². The van der Waals surface area contributed by atoms with Gasteiger partial charge >= 0.3 is 5.97 Å². The number of fused-ring (bicyclic) bond motifs is 2. The molecule has 1 aliphatic heterocycles. The molecule has 29 heavy (non-hydrogen) atoms. The first-order valence-electron chi connectivity index (χ1n) is 9.08. The first kappa shape index (κ1) is 18.9. The number of ether oxygens (including phenoxy) is 2. The van der Waals surface area contributed by atoms with Crippen LogP contribution in [0.4, 0.5) is 11.4 Å². The van der Waals surface area contributed by atoms with Gasteiger partial charge in [0.1, 0.15) is 17.2 Å². The Morgan fingerprint density at radius 1 is 1.21 bits per heavy atom. The number of nitrogens with zero attached hydrogens (tertiary/aromatic N) is 1. The molecule has 0 atom stereocenters. The molecule has 0 aliphatic carbocycles. The van der Waals surface area contributed by atoms with Gasteiger partial charge < -0.3 is 14.8 Å². The van der Waals surface area contributed by atoms with Gasteiger partial charge in [0, 0.05) is 10.4 Å². The number of benzene rings is 2. The third-order valence-electron chi connectivity index (χ3n) is 4.39. The predicted octanol–water partition coefficient (Wildman–Crippen LogP) is 3.44. The monoisotopic (exact) mass is 410 g/mol. The number of hydrogen-bond donors (Lipinski definition) is 1. The van der Waals surface area contributed by atoms with Crippen molar-refractivity contribution in [3.63, 3.8) is 0 Å². The van der Waals surface area contributed by atoms with Crippen molar-refractivity contribution in [3.8, 4) is 5.75 Å². The number of esters is 1. The summed E-state index contributed by atoms with van der Waals surface area (Å²) in [6, 6.07) is 14.3. The smallest absolute Gasteiger partial charge is 0.348 e. The number of carbonyl (C=O) groups is 3. The summed E-state index contributed by atoms with van der Waals surface area (Å²) in [5, 5.41) is 3.65. The number of hydrogen-bond acceptors (Lipinski definition) is 6. The molecule has 2 aromatic carbocycles. The number of carbonyl (C=O) groups excluding carboxylic acids is 3. The average molecular weight is 410 g/mol. The van der Waals surface area contributed by atoms with Gasteiger partial charge in [0.15, 0.2) is 6.61 Å². The van der Waals surface area contributed by atoms with E-state index in [0.717, 1.165) is 10.1 Å². The predicted molar refractivity (Wildman–Crippen MR) is 111 cm³/mol. The van der Waals surface area contributed by atoms with Crippen LogP contribution in [0.1, 0.15) is 16.6 Å². The normalized spacial score (nSPS) is 13.0. The minimum absolute atomic E-state index is 0.0954. The number of anilines is 2. The third-order valence-corrected chi connectivity index (χ3v) is 5.48. The Morgan fingerprint density at radius 2 is 2.03 bits per heavy atom. The number of para-hydroxylation sites is 2. The van der Waals surface area contributed by atoms with Crippen LogP contribution >= 0.6 is 11.3 Å². The molecule has 1 N–H and O–H groups in total. The fourth-order valence-electron chi connectivity index (χ4n) is 3.10. The van der Waals surface area contributed by atoms with E-state index in [0.29, 0.717) is 28.6 Å². The Kier molecular flexibility index (Phi) is 5.18. The summed E-state index contributed by atoms with van der Waals surface area (Å²) in [6.07, 6.45) is 0. The highest BCUT2D eigenvalue weighted by molar-refractivity contribution is 7.20. The van der Waals surface area contributed by atoms with Crippen molar-refractivity contribution < 1.29 is 23.9 Å². The average Bonchev–Trinajstić information content (AvgIpc) is 3.14. The van der Waals surface area contributed by atoms with Gasteiger partial charge in [0.2, 0.25) is 5.91 Å². The molecule has 0 bridgehead atoms. The highest BCUT2D eigenvalue weighted by Crippen LogP contribution is 2.32. The SMILES string of the molecule is CCOC(=O)c1cc2cc(NC(=O)CN3C(=O)COc4ccccc43)ccc2s1. The second-order valence-electron chi connectivity index (χ2n) is 6.37. The van der Waals surface area contributed by atoms with Crippen molar-refractivity contribution in [2.75, 3.05) is 30.0 Å². The van der Waals surface area contributed by atoms with Crippen LogP contribution in [0.5, 0.6) is 5.75 Å². The van der Waals surface area contributed by atoms with Crippen molar-refractivity contribution in [3.05, 3.63) is 53.4 Å². The summed E-state index contributed by atoms with van der Waals surface area (Å²) in [7, 11) is 0. The Hall–Kier alpha value is -3.39. The van der Waals surface area contributed by atoms with E-state index in [4.69, 9.17) is 9.47 Å². The molecule has 2 heterocycles. The fourth-order valence-corrected chi connectivity index (χ4v) is 4.03. The van der Waals surface area contributed by atoms with Crippen molar-refractivity contribution in [1.29, 1.82) is 0 Å². The standard InChI is InChI=1S/C21H18N2O5S/c1-2-27-21(26)18-10-13-9-14(7-8-17(13)29-18)22-19(24)11-23-15-5-3-4-6-16(15)28-12-20(23)25/h3-10H,2,11-12H2,1H3,(H,22,24). The van der Waals surface area contributed by atoms with Gasteiger partial charge in [-0.1, -0.05) is 12.1 Å². The molecule has 0 saturated heterocycles. The molecule has 8 heteroatoms. The second kappa shape index (κ2) is 7.92. The number of amides is 2. The van der Waals surface area contributed by atoms with E-state index in [-0.39, 0.29) is 30.9 Å². The maximum Gasteiger partial charge on any atom is 0.348 e. The summed E-state index contributed by atoms with van der Waals surface area (Å²) < 4.78 is 11.3. The topological polar surface area (TPSA) is 84.9 Å². The lowest BCUT2D eigenvalue weighted by molar-refractivity contribution is -0.123. The molecule has 2 amide bonds. The maximum atomic E-state index is 12.6. The summed E-state index contributed by atoms with van der Waals surface area (Å²) >= 11 is 1.34.